The van der Waals surface area contributed by atoms with Crippen LogP contribution in [0.15, 0.2) is 24.3 Å². The molecule has 0 aromatic rings. The second-order valence-corrected chi connectivity index (χ2v) is 1.86. The molecule has 1 nitrogen and oxygen atoms in total. The molecule has 0 spiro atoms. The van der Waals surface area contributed by atoms with Gasteiger partial charge in [-0.1, -0.05) is 24.3 Å². The Bertz CT molecular complexity index is 132. The fourth-order valence-electron chi connectivity index (χ4n) is 0.424. The Morgan fingerprint density at radius 1 is 1.44 bits per heavy atom. The van der Waals surface area contributed by atoms with E-state index in [-0.39, 0.29) is 5.78 Å². The Balaban J connectivity index is 3.36. The van der Waals surface area contributed by atoms with E-state index in [1.54, 1.807) is 6.92 Å². The van der Waals surface area contributed by atoms with E-state index in [0.29, 0.717) is 6.42 Å². The van der Waals surface area contributed by atoms with Gasteiger partial charge in [0.05, 0.1) is 0 Å². The molecule has 0 radical (unpaired) electrons. The normalized spacial score (nSPS) is 11.3. The molecule has 0 saturated heterocycles. The monoisotopic (exact) mass is 124 g/mol. The third-order valence-electron chi connectivity index (χ3n) is 0.845. The van der Waals surface area contributed by atoms with Crippen molar-refractivity contribution in [3.63, 3.8) is 0 Å². The van der Waals surface area contributed by atoms with Gasteiger partial charge in [-0.15, -0.1) is 0 Å². The second kappa shape index (κ2) is 5.29. The Morgan fingerprint density at radius 3 is 2.56 bits per heavy atom. The Labute approximate surface area is 56.1 Å². The van der Waals surface area contributed by atoms with Crippen LogP contribution in [0, 0.1) is 0 Å². The van der Waals surface area contributed by atoms with E-state index in [2.05, 4.69) is 0 Å². The van der Waals surface area contributed by atoms with E-state index in [1.165, 1.54) is 0 Å². The van der Waals surface area contributed by atoms with Crippen LogP contribution in [0.4, 0.5) is 0 Å². The van der Waals surface area contributed by atoms with Gasteiger partial charge in [-0.2, -0.15) is 0 Å². The van der Waals surface area contributed by atoms with Crippen LogP contribution in [-0.4, -0.2) is 5.78 Å². The van der Waals surface area contributed by atoms with Crippen molar-refractivity contribution in [2.75, 3.05) is 0 Å². The predicted molar refractivity (Wildman–Crippen MR) is 39.3 cm³/mol. The van der Waals surface area contributed by atoms with Crippen LogP contribution >= 0.6 is 0 Å². The zero-order valence-electron chi connectivity index (χ0n) is 5.92. The first kappa shape index (κ1) is 8.15. The summed E-state index contributed by atoms with van der Waals surface area (Å²) in [5.74, 6) is 0.204. The van der Waals surface area contributed by atoms with Crippen molar-refractivity contribution in [3.8, 4) is 0 Å². The first-order valence-electron chi connectivity index (χ1n) is 3.04. The number of carbonyl (C=O) groups is 1. The molecule has 0 aliphatic carbocycles. The van der Waals surface area contributed by atoms with Crippen molar-refractivity contribution < 1.29 is 4.79 Å². The van der Waals surface area contributed by atoms with Crippen LogP contribution in [0.2, 0.25) is 0 Å². The Morgan fingerprint density at radius 2 is 2.11 bits per heavy atom. The quantitative estimate of drug-likeness (QED) is 0.526. The molecule has 0 N–H and O–H groups in total. The molecule has 0 aliphatic heterocycles. The standard InChI is InChI=1S/C8H12O/c1-3-4-5-6-7-8(2)9/h3-6H,7H2,1-2H3. The van der Waals surface area contributed by atoms with Crippen molar-refractivity contribution in [1.29, 1.82) is 0 Å². The van der Waals surface area contributed by atoms with Gasteiger partial charge in [-0.25, -0.2) is 0 Å². The lowest BCUT2D eigenvalue weighted by Crippen LogP contribution is -1.82. The van der Waals surface area contributed by atoms with E-state index in [1.807, 2.05) is 31.2 Å². The van der Waals surface area contributed by atoms with Gasteiger partial charge in [0.1, 0.15) is 5.78 Å². The summed E-state index contributed by atoms with van der Waals surface area (Å²) in [6.45, 7) is 3.53. The minimum Gasteiger partial charge on any atom is -0.300 e. The van der Waals surface area contributed by atoms with E-state index < -0.39 is 0 Å². The highest BCUT2D eigenvalue weighted by molar-refractivity contribution is 5.76. The average Bonchev–Trinajstić information content (AvgIpc) is 1.80. The third-order valence-corrected chi connectivity index (χ3v) is 0.845. The number of allylic oxidation sites excluding steroid dienone is 4. The molecule has 0 saturated carbocycles. The SMILES string of the molecule is CC=CC=CCC(C)=O. The minimum absolute atomic E-state index is 0.204. The molecule has 0 aromatic carbocycles. The summed E-state index contributed by atoms with van der Waals surface area (Å²) in [6.07, 6.45) is 8.10. The van der Waals surface area contributed by atoms with Gasteiger partial charge in [-0.05, 0) is 13.8 Å². The molecule has 0 amide bonds. The van der Waals surface area contributed by atoms with Crippen LogP contribution in [-0.2, 0) is 4.79 Å². The maximum Gasteiger partial charge on any atom is 0.133 e. The zero-order chi connectivity index (χ0) is 7.11. The topological polar surface area (TPSA) is 17.1 Å². The largest absolute Gasteiger partial charge is 0.300 e. The molecule has 0 heterocycles. The van der Waals surface area contributed by atoms with Crippen molar-refractivity contribution in [3.05, 3.63) is 24.3 Å². The van der Waals surface area contributed by atoms with Crippen molar-refractivity contribution in [1.82, 2.24) is 0 Å². The summed E-state index contributed by atoms with van der Waals surface area (Å²) in [5, 5.41) is 0. The van der Waals surface area contributed by atoms with E-state index in [4.69, 9.17) is 0 Å². The molecule has 0 atom stereocenters. The van der Waals surface area contributed by atoms with E-state index in [0.717, 1.165) is 0 Å². The number of Topliss-reactive ketones (excluding diaryl/α,β-unsaturated/α-hetero) is 1. The molecule has 0 unspecified atom stereocenters. The molecule has 0 fully saturated rings. The van der Waals surface area contributed by atoms with Gasteiger partial charge in [0.2, 0.25) is 0 Å². The van der Waals surface area contributed by atoms with Crippen molar-refractivity contribution >= 4 is 5.78 Å². The lowest BCUT2D eigenvalue weighted by atomic mass is 10.3. The highest BCUT2D eigenvalue weighted by Gasteiger charge is 1.82. The van der Waals surface area contributed by atoms with Gasteiger partial charge >= 0.3 is 0 Å². The minimum atomic E-state index is 0.204. The summed E-state index contributed by atoms with van der Waals surface area (Å²) in [5.41, 5.74) is 0. The summed E-state index contributed by atoms with van der Waals surface area (Å²) in [7, 11) is 0. The lowest BCUT2D eigenvalue weighted by Gasteiger charge is -1.79. The predicted octanol–water partition coefficient (Wildman–Crippen LogP) is 2.10. The van der Waals surface area contributed by atoms with E-state index >= 15 is 0 Å². The number of carbonyl (C=O) groups excluding carboxylic acids is 1. The zero-order valence-corrected chi connectivity index (χ0v) is 5.92. The van der Waals surface area contributed by atoms with Crippen LogP contribution in [0.25, 0.3) is 0 Å². The number of rotatable bonds is 3. The molecule has 0 bridgehead atoms. The molecule has 50 valence electrons. The Kier molecular flexibility index (Phi) is 4.79. The molecule has 0 aromatic heterocycles. The van der Waals surface area contributed by atoms with Gasteiger partial charge < -0.3 is 0 Å². The first-order chi connectivity index (χ1) is 4.27. The fourth-order valence-corrected chi connectivity index (χ4v) is 0.424. The van der Waals surface area contributed by atoms with E-state index in [9.17, 15) is 4.79 Å². The summed E-state index contributed by atoms with van der Waals surface area (Å²) in [6, 6.07) is 0. The third kappa shape index (κ3) is 7.15. The molecular weight excluding hydrogens is 112 g/mol. The van der Waals surface area contributed by atoms with Crippen molar-refractivity contribution in [2.24, 2.45) is 0 Å². The lowest BCUT2D eigenvalue weighted by molar-refractivity contribution is -0.116. The summed E-state index contributed by atoms with van der Waals surface area (Å²) in [4.78, 5) is 10.3. The maximum absolute atomic E-state index is 10.3. The summed E-state index contributed by atoms with van der Waals surface area (Å²) < 4.78 is 0. The van der Waals surface area contributed by atoms with Gasteiger partial charge in [0.15, 0.2) is 0 Å². The van der Waals surface area contributed by atoms with Gasteiger partial charge in [-0.3, -0.25) is 4.79 Å². The highest BCUT2D eigenvalue weighted by atomic mass is 16.1. The van der Waals surface area contributed by atoms with Crippen LogP contribution in [0.3, 0.4) is 0 Å². The number of hydrogen-bond acceptors (Lipinski definition) is 1. The van der Waals surface area contributed by atoms with Crippen molar-refractivity contribution in [2.45, 2.75) is 20.3 Å². The molecule has 1 heteroatoms. The molecule has 9 heavy (non-hydrogen) atoms. The van der Waals surface area contributed by atoms with Gasteiger partial charge in [0.25, 0.3) is 0 Å². The van der Waals surface area contributed by atoms with Crippen LogP contribution < -0.4 is 0 Å². The smallest absolute Gasteiger partial charge is 0.133 e. The number of hydrogen-bond donors (Lipinski definition) is 0. The fraction of sp³-hybridized carbons (Fsp3) is 0.375. The second-order valence-electron chi connectivity index (χ2n) is 1.86. The van der Waals surface area contributed by atoms with Crippen LogP contribution in [0.1, 0.15) is 20.3 Å². The first-order valence-corrected chi connectivity index (χ1v) is 3.04. The average molecular weight is 124 g/mol. The molecule has 0 aliphatic rings. The van der Waals surface area contributed by atoms with Gasteiger partial charge in [0, 0.05) is 6.42 Å². The highest BCUT2D eigenvalue weighted by Crippen LogP contribution is 1.84. The van der Waals surface area contributed by atoms with Crippen LogP contribution in [0.5, 0.6) is 0 Å². The Hall–Kier alpha value is -0.850. The molecular formula is C8H12O. The maximum atomic E-state index is 10.3. The number of ketones is 1. The molecule has 0 rings (SSSR count). The summed E-state index contributed by atoms with van der Waals surface area (Å²) >= 11 is 0.